The predicted octanol–water partition coefficient (Wildman–Crippen LogP) is 5.47. The van der Waals surface area contributed by atoms with Gasteiger partial charge in [0.05, 0.1) is 19.2 Å². The quantitative estimate of drug-likeness (QED) is 0.430. The number of aromatic nitrogens is 1. The molecule has 0 saturated heterocycles. The summed E-state index contributed by atoms with van der Waals surface area (Å²) in [6.45, 7) is 3.86. The molecule has 4 aromatic rings. The summed E-state index contributed by atoms with van der Waals surface area (Å²) in [6.07, 6.45) is 1.59. The number of fused-ring (bicyclic) bond motifs is 1. The molecule has 4 rings (SSSR count). The number of nitrogens with zero attached hydrogens (tertiary/aromatic N) is 2. The van der Waals surface area contributed by atoms with Crippen LogP contribution >= 0.6 is 0 Å². The van der Waals surface area contributed by atoms with Gasteiger partial charge in [0, 0.05) is 18.5 Å². The largest absolute Gasteiger partial charge is 0.496 e. The second kappa shape index (κ2) is 9.12. The van der Waals surface area contributed by atoms with Crippen LogP contribution in [0.4, 0.5) is 5.82 Å². The average Bonchev–Trinajstić information content (AvgIpc) is 2.82. The summed E-state index contributed by atoms with van der Waals surface area (Å²) >= 11 is 0. The molecule has 0 radical (unpaired) electrons. The predicted molar refractivity (Wildman–Crippen MR) is 129 cm³/mol. The van der Waals surface area contributed by atoms with Crippen molar-refractivity contribution < 1.29 is 19.4 Å². The van der Waals surface area contributed by atoms with Crippen molar-refractivity contribution in [3.63, 3.8) is 0 Å². The third kappa shape index (κ3) is 4.55. The lowest BCUT2D eigenvalue weighted by atomic mass is 10.0. The van der Waals surface area contributed by atoms with E-state index < -0.39 is 5.97 Å². The number of benzene rings is 3. The Balaban J connectivity index is 1.63. The fourth-order valence-corrected chi connectivity index (χ4v) is 3.89. The van der Waals surface area contributed by atoms with Gasteiger partial charge in [0.15, 0.2) is 0 Å². The standard InChI is InChI=1S/C27H24N2O4/c1-17-14-21(9-11-25(17)33-3)20-6-4-19(5-7-20)16-29(18(2)30)26-24-10-8-23(27(31)32)15-22(24)12-13-28-26/h4-15H,16H2,1-3H3,(H,31,32). The van der Waals surface area contributed by atoms with Crippen LogP contribution in [-0.2, 0) is 11.3 Å². The molecule has 1 heterocycles. The highest BCUT2D eigenvalue weighted by atomic mass is 16.5. The van der Waals surface area contributed by atoms with E-state index in [9.17, 15) is 14.7 Å². The SMILES string of the molecule is COc1ccc(-c2ccc(CN(C(C)=O)c3nccc4cc(C(=O)O)ccc34)cc2)cc1C. The molecule has 1 N–H and O–H groups in total. The van der Waals surface area contributed by atoms with Crippen LogP contribution < -0.4 is 9.64 Å². The fourth-order valence-electron chi connectivity index (χ4n) is 3.89. The zero-order valence-corrected chi connectivity index (χ0v) is 18.7. The fraction of sp³-hybridized carbons (Fsp3) is 0.148. The summed E-state index contributed by atoms with van der Waals surface area (Å²) in [6, 6.07) is 20.7. The molecular formula is C27H24N2O4. The van der Waals surface area contributed by atoms with E-state index in [4.69, 9.17) is 4.74 Å². The molecule has 0 fully saturated rings. The van der Waals surface area contributed by atoms with E-state index in [-0.39, 0.29) is 11.5 Å². The van der Waals surface area contributed by atoms with E-state index in [1.54, 1.807) is 36.4 Å². The van der Waals surface area contributed by atoms with Crippen molar-refractivity contribution in [2.24, 2.45) is 0 Å². The molecule has 0 aliphatic rings. The Morgan fingerprint density at radius 3 is 2.33 bits per heavy atom. The number of methoxy groups -OCH3 is 1. The van der Waals surface area contributed by atoms with Crippen LogP contribution in [0, 0.1) is 6.92 Å². The van der Waals surface area contributed by atoms with Gasteiger partial charge in [0.25, 0.3) is 0 Å². The first-order valence-corrected chi connectivity index (χ1v) is 10.5. The number of aromatic carboxylic acids is 1. The van der Waals surface area contributed by atoms with E-state index in [2.05, 4.69) is 11.1 Å². The number of hydrogen-bond acceptors (Lipinski definition) is 4. The molecular weight excluding hydrogens is 416 g/mol. The van der Waals surface area contributed by atoms with Crippen LogP contribution in [0.2, 0.25) is 0 Å². The van der Waals surface area contributed by atoms with Crippen molar-refractivity contribution in [1.29, 1.82) is 0 Å². The summed E-state index contributed by atoms with van der Waals surface area (Å²) < 4.78 is 5.34. The number of carboxylic acids is 1. The molecule has 0 bridgehead atoms. The van der Waals surface area contributed by atoms with Crippen molar-refractivity contribution in [3.8, 4) is 16.9 Å². The molecule has 6 nitrogen and oxygen atoms in total. The highest BCUT2D eigenvalue weighted by Crippen LogP contribution is 2.29. The van der Waals surface area contributed by atoms with Gasteiger partial charge in [-0.2, -0.15) is 0 Å². The van der Waals surface area contributed by atoms with Crippen LogP contribution in [0.3, 0.4) is 0 Å². The Bertz CT molecular complexity index is 1350. The molecule has 166 valence electrons. The lowest BCUT2D eigenvalue weighted by Crippen LogP contribution is -2.28. The number of amides is 1. The van der Waals surface area contributed by atoms with E-state index in [1.807, 2.05) is 43.3 Å². The number of hydrogen-bond donors (Lipinski definition) is 1. The molecule has 0 spiro atoms. The number of pyridine rings is 1. The first-order chi connectivity index (χ1) is 15.9. The molecule has 0 saturated carbocycles. The van der Waals surface area contributed by atoms with Gasteiger partial charge in [-0.1, -0.05) is 30.3 Å². The number of carbonyl (C=O) groups excluding carboxylic acids is 1. The maximum absolute atomic E-state index is 12.5. The molecule has 1 aromatic heterocycles. The normalized spacial score (nSPS) is 10.8. The Labute approximate surface area is 192 Å². The van der Waals surface area contributed by atoms with E-state index in [1.165, 1.54) is 13.0 Å². The second-order valence-electron chi connectivity index (χ2n) is 7.86. The smallest absolute Gasteiger partial charge is 0.335 e. The van der Waals surface area contributed by atoms with Gasteiger partial charge in [0.1, 0.15) is 11.6 Å². The van der Waals surface area contributed by atoms with E-state index >= 15 is 0 Å². The van der Waals surface area contributed by atoms with Gasteiger partial charge < -0.3 is 9.84 Å². The molecule has 0 aliphatic carbocycles. The number of ether oxygens (including phenoxy) is 1. The maximum Gasteiger partial charge on any atom is 0.335 e. The van der Waals surface area contributed by atoms with Crippen molar-refractivity contribution in [3.05, 3.63) is 89.6 Å². The van der Waals surface area contributed by atoms with Gasteiger partial charge in [-0.25, -0.2) is 9.78 Å². The van der Waals surface area contributed by atoms with Crippen LogP contribution in [0.15, 0.2) is 72.9 Å². The Hall–Kier alpha value is -4.19. The first kappa shape index (κ1) is 22.0. The summed E-state index contributed by atoms with van der Waals surface area (Å²) in [5.41, 5.74) is 4.38. The molecule has 6 heteroatoms. The van der Waals surface area contributed by atoms with Crippen molar-refractivity contribution in [1.82, 2.24) is 4.98 Å². The lowest BCUT2D eigenvalue weighted by molar-refractivity contribution is -0.116. The molecule has 1 amide bonds. The third-order valence-corrected chi connectivity index (χ3v) is 5.65. The molecule has 33 heavy (non-hydrogen) atoms. The highest BCUT2D eigenvalue weighted by Gasteiger charge is 2.17. The minimum Gasteiger partial charge on any atom is -0.496 e. The lowest BCUT2D eigenvalue weighted by Gasteiger charge is -2.22. The zero-order valence-electron chi connectivity index (χ0n) is 18.7. The summed E-state index contributed by atoms with van der Waals surface area (Å²) in [7, 11) is 1.66. The molecule has 0 atom stereocenters. The van der Waals surface area contributed by atoms with Gasteiger partial charge in [0.2, 0.25) is 5.91 Å². The minimum absolute atomic E-state index is 0.146. The van der Waals surface area contributed by atoms with Crippen LogP contribution in [-0.4, -0.2) is 29.1 Å². The van der Waals surface area contributed by atoms with E-state index in [0.717, 1.165) is 38.8 Å². The molecule has 3 aromatic carbocycles. The third-order valence-electron chi connectivity index (χ3n) is 5.65. The number of carbonyl (C=O) groups is 2. The average molecular weight is 440 g/mol. The van der Waals surface area contributed by atoms with Gasteiger partial charge >= 0.3 is 5.97 Å². The topological polar surface area (TPSA) is 79.7 Å². The summed E-state index contributed by atoms with van der Waals surface area (Å²) in [5, 5.41) is 10.7. The first-order valence-electron chi connectivity index (χ1n) is 10.5. The van der Waals surface area contributed by atoms with Gasteiger partial charge in [-0.3, -0.25) is 9.69 Å². The second-order valence-corrected chi connectivity index (χ2v) is 7.86. The Morgan fingerprint density at radius 1 is 0.970 bits per heavy atom. The molecule has 0 unspecified atom stereocenters. The van der Waals surface area contributed by atoms with Crippen LogP contribution in [0.25, 0.3) is 21.9 Å². The van der Waals surface area contributed by atoms with Crippen molar-refractivity contribution in [2.45, 2.75) is 20.4 Å². The molecule has 0 aliphatic heterocycles. The van der Waals surface area contributed by atoms with Gasteiger partial charge in [-0.15, -0.1) is 0 Å². The summed E-state index contributed by atoms with van der Waals surface area (Å²) in [5.74, 6) is 0.218. The van der Waals surface area contributed by atoms with Gasteiger partial charge in [-0.05, 0) is 71.0 Å². The van der Waals surface area contributed by atoms with Crippen molar-refractivity contribution in [2.75, 3.05) is 12.0 Å². The number of aryl methyl sites for hydroxylation is 1. The summed E-state index contributed by atoms with van der Waals surface area (Å²) in [4.78, 5) is 29.9. The number of carboxylic acid groups (broad SMARTS) is 1. The number of anilines is 1. The zero-order chi connectivity index (χ0) is 23.5. The monoisotopic (exact) mass is 440 g/mol. The Kier molecular flexibility index (Phi) is 6.09. The number of rotatable bonds is 6. The minimum atomic E-state index is -0.995. The van der Waals surface area contributed by atoms with Crippen molar-refractivity contribution >= 4 is 28.5 Å². The highest BCUT2D eigenvalue weighted by molar-refractivity contribution is 6.03. The maximum atomic E-state index is 12.5. The van der Waals surface area contributed by atoms with Crippen LogP contribution in [0.1, 0.15) is 28.4 Å². The van der Waals surface area contributed by atoms with Crippen LogP contribution in [0.5, 0.6) is 5.75 Å². The van der Waals surface area contributed by atoms with E-state index in [0.29, 0.717) is 12.4 Å². The Morgan fingerprint density at radius 2 is 1.70 bits per heavy atom.